The van der Waals surface area contributed by atoms with Gasteiger partial charge in [0.05, 0.1) is 22.8 Å². The summed E-state index contributed by atoms with van der Waals surface area (Å²) in [5.41, 5.74) is 2.28. The van der Waals surface area contributed by atoms with E-state index in [0.717, 1.165) is 11.1 Å². The van der Waals surface area contributed by atoms with Gasteiger partial charge in [-0.1, -0.05) is 23.2 Å². The van der Waals surface area contributed by atoms with E-state index in [2.05, 4.69) is 20.7 Å². The Kier molecular flexibility index (Phi) is 4.36. The quantitative estimate of drug-likeness (QED) is 0.759. The first-order chi connectivity index (χ1) is 11.1. The molecule has 2 N–H and O–H groups in total. The van der Waals surface area contributed by atoms with Crippen molar-refractivity contribution in [3.05, 3.63) is 46.7 Å². The van der Waals surface area contributed by atoms with Crippen molar-refractivity contribution in [2.45, 2.75) is 0 Å². The fourth-order valence-electron chi connectivity index (χ4n) is 2.09. The Balaban J connectivity index is 1.95. The smallest absolute Gasteiger partial charge is 0.239 e. The molecule has 0 fully saturated rings. The van der Waals surface area contributed by atoms with Crippen molar-refractivity contribution < 1.29 is 4.79 Å². The lowest BCUT2D eigenvalue weighted by molar-refractivity contribution is -0.118. The summed E-state index contributed by atoms with van der Waals surface area (Å²) in [6.45, 7) is 0.130. The van der Waals surface area contributed by atoms with Gasteiger partial charge in [-0.2, -0.15) is 5.10 Å². The number of aromatic nitrogens is 3. The van der Waals surface area contributed by atoms with Crippen molar-refractivity contribution in [3.63, 3.8) is 0 Å². The summed E-state index contributed by atoms with van der Waals surface area (Å²) in [5, 5.41) is 11.1. The summed E-state index contributed by atoms with van der Waals surface area (Å²) < 4.78 is 1.72. The Hall–Kier alpha value is -2.31. The summed E-state index contributed by atoms with van der Waals surface area (Å²) in [5.74, 6) is 0.411. The molecule has 0 atom stereocenters. The number of hydrogen-bond donors (Lipinski definition) is 2. The lowest BCUT2D eigenvalue weighted by Crippen LogP contribution is -2.26. The number of carbonyl (C=O) groups is 1. The number of rotatable bonds is 4. The van der Waals surface area contributed by atoms with Crippen LogP contribution in [0.1, 0.15) is 0 Å². The van der Waals surface area contributed by atoms with Crippen LogP contribution in [0.15, 0.2) is 36.7 Å². The van der Waals surface area contributed by atoms with Crippen LogP contribution in [0.25, 0.3) is 16.8 Å². The van der Waals surface area contributed by atoms with Gasteiger partial charge in [0.15, 0.2) is 0 Å². The van der Waals surface area contributed by atoms with Crippen molar-refractivity contribution in [1.29, 1.82) is 0 Å². The molecular weight excluding hydrogens is 337 g/mol. The standard InChI is InChI=1S/C15H13Cl2N5O/c1-18-15(23)8-20-14-6-11(12(17)7-19-14)13-5-10-4-9(16)2-3-22(10)21-13/h2-7H,8H2,1H3,(H,18,23)(H,19,20). The average molecular weight is 350 g/mol. The van der Waals surface area contributed by atoms with Crippen LogP contribution in [0.3, 0.4) is 0 Å². The number of hydrogen-bond acceptors (Lipinski definition) is 4. The maximum atomic E-state index is 11.3. The van der Waals surface area contributed by atoms with E-state index in [1.807, 2.05) is 12.1 Å². The van der Waals surface area contributed by atoms with E-state index >= 15 is 0 Å². The minimum Gasteiger partial charge on any atom is -0.361 e. The van der Waals surface area contributed by atoms with E-state index in [1.165, 1.54) is 6.20 Å². The Labute approximate surface area is 142 Å². The molecule has 3 aromatic rings. The molecule has 6 nitrogen and oxygen atoms in total. The second kappa shape index (κ2) is 6.44. The van der Waals surface area contributed by atoms with E-state index in [0.29, 0.717) is 21.6 Å². The Morgan fingerprint density at radius 3 is 2.91 bits per heavy atom. The summed E-state index contributed by atoms with van der Waals surface area (Å²) >= 11 is 12.2. The van der Waals surface area contributed by atoms with Gasteiger partial charge in [0.1, 0.15) is 5.82 Å². The number of carbonyl (C=O) groups excluding carboxylic acids is 1. The number of halogens is 2. The highest BCUT2D eigenvalue weighted by atomic mass is 35.5. The molecule has 0 aliphatic carbocycles. The molecule has 0 spiro atoms. The highest BCUT2D eigenvalue weighted by Crippen LogP contribution is 2.29. The predicted octanol–water partition coefficient (Wildman–Crippen LogP) is 2.86. The zero-order valence-electron chi connectivity index (χ0n) is 12.2. The van der Waals surface area contributed by atoms with E-state index in [4.69, 9.17) is 23.2 Å². The second-order valence-electron chi connectivity index (χ2n) is 4.82. The molecule has 8 heteroatoms. The first kappa shape index (κ1) is 15.6. The fourth-order valence-corrected chi connectivity index (χ4v) is 2.46. The first-order valence-corrected chi connectivity index (χ1v) is 7.58. The summed E-state index contributed by atoms with van der Waals surface area (Å²) in [6.07, 6.45) is 3.31. The molecule has 0 radical (unpaired) electrons. The third kappa shape index (κ3) is 3.38. The van der Waals surface area contributed by atoms with Crippen LogP contribution in [-0.4, -0.2) is 34.1 Å². The molecule has 3 aromatic heterocycles. The third-order valence-corrected chi connectivity index (χ3v) is 3.80. The van der Waals surface area contributed by atoms with E-state index in [9.17, 15) is 4.79 Å². The molecule has 0 aliphatic heterocycles. The van der Waals surface area contributed by atoms with Gasteiger partial charge >= 0.3 is 0 Å². The van der Waals surface area contributed by atoms with Crippen LogP contribution in [0.5, 0.6) is 0 Å². The lowest BCUT2D eigenvalue weighted by Gasteiger charge is -2.07. The largest absolute Gasteiger partial charge is 0.361 e. The molecule has 3 heterocycles. The zero-order valence-corrected chi connectivity index (χ0v) is 13.7. The van der Waals surface area contributed by atoms with Crippen molar-refractivity contribution in [2.24, 2.45) is 0 Å². The molecular formula is C15H13Cl2N5O. The molecule has 0 aromatic carbocycles. The molecule has 0 bridgehead atoms. The topological polar surface area (TPSA) is 71.3 Å². The molecule has 0 saturated heterocycles. The number of anilines is 1. The van der Waals surface area contributed by atoms with E-state index in [-0.39, 0.29) is 12.5 Å². The molecule has 0 unspecified atom stereocenters. The maximum Gasteiger partial charge on any atom is 0.239 e. The van der Waals surface area contributed by atoms with Gasteiger partial charge < -0.3 is 10.6 Å². The number of likely N-dealkylation sites (N-methyl/N-ethyl adjacent to an activating group) is 1. The van der Waals surface area contributed by atoms with Crippen molar-refractivity contribution >= 4 is 40.4 Å². The summed E-state index contributed by atoms with van der Waals surface area (Å²) in [4.78, 5) is 15.5. The summed E-state index contributed by atoms with van der Waals surface area (Å²) in [6, 6.07) is 7.22. The third-order valence-electron chi connectivity index (χ3n) is 3.27. The van der Waals surface area contributed by atoms with Crippen LogP contribution >= 0.6 is 23.2 Å². The number of nitrogens with zero attached hydrogens (tertiary/aromatic N) is 3. The molecule has 0 aliphatic rings. The number of pyridine rings is 2. The summed E-state index contributed by atoms with van der Waals surface area (Å²) in [7, 11) is 1.58. The molecule has 0 saturated carbocycles. The zero-order chi connectivity index (χ0) is 16.4. The second-order valence-corrected chi connectivity index (χ2v) is 5.66. The van der Waals surface area contributed by atoms with Crippen LogP contribution < -0.4 is 10.6 Å². The monoisotopic (exact) mass is 349 g/mol. The van der Waals surface area contributed by atoms with Gasteiger partial charge in [-0.25, -0.2) is 9.50 Å². The van der Waals surface area contributed by atoms with Crippen molar-refractivity contribution in [3.8, 4) is 11.3 Å². The first-order valence-electron chi connectivity index (χ1n) is 6.82. The number of nitrogens with one attached hydrogen (secondary N) is 2. The molecule has 23 heavy (non-hydrogen) atoms. The van der Waals surface area contributed by atoms with Crippen LogP contribution in [-0.2, 0) is 4.79 Å². The van der Waals surface area contributed by atoms with Crippen LogP contribution in [0, 0.1) is 0 Å². The van der Waals surface area contributed by atoms with Gasteiger partial charge in [0.2, 0.25) is 5.91 Å². The van der Waals surface area contributed by atoms with Crippen molar-refractivity contribution in [2.75, 3.05) is 18.9 Å². The van der Waals surface area contributed by atoms with Crippen LogP contribution in [0.4, 0.5) is 5.82 Å². The normalized spacial score (nSPS) is 10.7. The van der Waals surface area contributed by atoms with Crippen molar-refractivity contribution in [1.82, 2.24) is 19.9 Å². The lowest BCUT2D eigenvalue weighted by atomic mass is 10.2. The number of amides is 1. The van der Waals surface area contributed by atoms with E-state index < -0.39 is 0 Å². The Bertz CT molecular complexity index is 877. The van der Waals surface area contributed by atoms with Gasteiger partial charge in [0, 0.05) is 30.0 Å². The Morgan fingerprint density at radius 2 is 2.13 bits per heavy atom. The minimum atomic E-state index is -0.134. The number of fused-ring (bicyclic) bond motifs is 1. The highest BCUT2D eigenvalue weighted by molar-refractivity contribution is 6.33. The Morgan fingerprint density at radius 1 is 1.30 bits per heavy atom. The van der Waals surface area contributed by atoms with Gasteiger partial charge in [0.25, 0.3) is 0 Å². The molecule has 1 amide bonds. The highest BCUT2D eigenvalue weighted by Gasteiger charge is 2.11. The van der Waals surface area contributed by atoms with Gasteiger partial charge in [-0.3, -0.25) is 4.79 Å². The molecule has 3 rings (SSSR count). The average Bonchev–Trinajstić information content (AvgIpc) is 2.96. The molecule has 118 valence electrons. The fraction of sp³-hybridized carbons (Fsp3) is 0.133. The SMILES string of the molecule is CNC(=O)CNc1cc(-c2cc3cc(Cl)ccn3n2)c(Cl)cn1. The van der Waals surface area contributed by atoms with Gasteiger partial charge in [-0.15, -0.1) is 0 Å². The van der Waals surface area contributed by atoms with Crippen LogP contribution in [0.2, 0.25) is 10.0 Å². The minimum absolute atomic E-state index is 0.130. The van der Waals surface area contributed by atoms with E-state index in [1.54, 1.807) is 29.9 Å². The van der Waals surface area contributed by atoms with Gasteiger partial charge in [-0.05, 0) is 24.3 Å². The predicted molar refractivity (Wildman–Crippen MR) is 91.0 cm³/mol. The maximum absolute atomic E-state index is 11.3.